The number of para-hydroxylation sites is 1. The third kappa shape index (κ3) is 6.48. The van der Waals surface area contributed by atoms with Gasteiger partial charge in [0.15, 0.2) is 0 Å². The molecule has 0 aliphatic rings. The number of amides is 2. The number of nitrogens with one attached hydrogen (secondary N) is 1. The van der Waals surface area contributed by atoms with Crippen LogP contribution in [0.2, 0.25) is 0 Å². The summed E-state index contributed by atoms with van der Waals surface area (Å²) in [6, 6.07) is 8.45. The summed E-state index contributed by atoms with van der Waals surface area (Å²) < 4.78 is 11.2. The molecule has 0 saturated carbocycles. The number of rotatable bonds is 10. The number of benzene rings is 1. The molecule has 2 amide bonds. The van der Waals surface area contributed by atoms with E-state index in [1.165, 1.54) is 25.9 Å². The van der Waals surface area contributed by atoms with Crippen LogP contribution in [0.25, 0.3) is 0 Å². The lowest BCUT2D eigenvalue weighted by molar-refractivity contribution is -0.143. The second kappa shape index (κ2) is 10.6. The zero-order valence-corrected chi connectivity index (χ0v) is 17.0. The van der Waals surface area contributed by atoms with Gasteiger partial charge in [-0.2, -0.15) is 5.26 Å². The molecule has 0 saturated heterocycles. The molecule has 1 atom stereocenters. The summed E-state index contributed by atoms with van der Waals surface area (Å²) in [5.41, 5.74) is -0.812. The van der Waals surface area contributed by atoms with Gasteiger partial charge in [-0.3, -0.25) is 4.90 Å². The van der Waals surface area contributed by atoms with Crippen molar-refractivity contribution < 1.29 is 24.2 Å². The quantitative estimate of drug-likeness (QED) is 0.406. The number of carboxylic acids is 1. The first kappa shape index (κ1) is 23.3. The lowest BCUT2D eigenvalue weighted by Gasteiger charge is -2.31. The maximum Gasteiger partial charge on any atom is 0.328 e. The van der Waals surface area contributed by atoms with E-state index in [9.17, 15) is 14.7 Å². The van der Waals surface area contributed by atoms with Gasteiger partial charge in [0.1, 0.15) is 17.4 Å². The van der Waals surface area contributed by atoms with E-state index in [0.29, 0.717) is 11.3 Å². The van der Waals surface area contributed by atoms with Crippen molar-refractivity contribution in [3.05, 3.63) is 41.4 Å². The Labute approximate surface area is 170 Å². The highest BCUT2D eigenvalue weighted by atomic mass is 32.1. The fraction of sp³-hybridized carbons (Fsp3) is 0.421. The fourth-order valence-corrected chi connectivity index (χ4v) is 2.45. The number of nitriles is 1. The van der Waals surface area contributed by atoms with Crippen LogP contribution in [0.15, 0.2) is 35.9 Å². The summed E-state index contributed by atoms with van der Waals surface area (Å²) in [5.74, 6) is -0.627. The molecule has 0 bridgehead atoms. The number of carbonyl (C=O) groups is 2. The summed E-state index contributed by atoms with van der Waals surface area (Å²) in [7, 11) is 1.52. The first-order chi connectivity index (χ1) is 13.1. The van der Waals surface area contributed by atoms with Crippen molar-refractivity contribution in [2.75, 3.05) is 20.3 Å². The average molecular weight is 407 g/mol. The van der Waals surface area contributed by atoms with Crippen LogP contribution in [-0.4, -0.2) is 47.8 Å². The van der Waals surface area contributed by atoms with Crippen molar-refractivity contribution in [3.8, 4) is 11.8 Å². The largest absolute Gasteiger partial charge is 0.496 e. The molecule has 0 aliphatic heterocycles. The number of ether oxygens (including phenoxy) is 2. The molecule has 1 aromatic rings. The Morgan fingerprint density at radius 2 is 2.07 bits per heavy atom. The van der Waals surface area contributed by atoms with E-state index in [-0.39, 0.29) is 24.6 Å². The number of carboxylic acid groups (broad SMARTS) is 1. The highest BCUT2D eigenvalue weighted by Crippen LogP contribution is 2.29. The van der Waals surface area contributed by atoms with Gasteiger partial charge in [-0.1, -0.05) is 24.8 Å². The molecule has 0 fully saturated rings. The Balaban J connectivity index is 3.14. The number of hydrogen-bond donors (Lipinski definition) is 3. The van der Waals surface area contributed by atoms with Gasteiger partial charge >= 0.3 is 12.0 Å². The Bertz CT molecular complexity index is 760. The first-order valence-corrected chi connectivity index (χ1v) is 8.91. The van der Waals surface area contributed by atoms with Crippen molar-refractivity contribution in [2.45, 2.75) is 31.9 Å². The maximum absolute atomic E-state index is 12.7. The topological polar surface area (TPSA) is 112 Å². The second-order valence-corrected chi connectivity index (χ2v) is 6.91. The molecule has 0 unspecified atom stereocenters. The van der Waals surface area contributed by atoms with Gasteiger partial charge in [-0.15, -0.1) is 12.6 Å². The molecule has 0 radical (unpaired) electrons. The molecule has 152 valence electrons. The van der Waals surface area contributed by atoms with E-state index in [1.807, 2.05) is 6.07 Å². The Morgan fingerprint density at radius 1 is 1.43 bits per heavy atom. The number of urea groups is 1. The van der Waals surface area contributed by atoms with Crippen LogP contribution in [0.1, 0.15) is 31.9 Å². The zero-order chi connectivity index (χ0) is 21.3. The summed E-state index contributed by atoms with van der Waals surface area (Å²) in [4.78, 5) is 25.1. The van der Waals surface area contributed by atoms with Gasteiger partial charge in [0.2, 0.25) is 0 Å². The number of nitrogens with zero attached hydrogens (tertiary/aromatic N) is 2. The van der Waals surface area contributed by atoms with Crippen LogP contribution in [0.5, 0.6) is 5.75 Å². The van der Waals surface area contributed by atoms with E-state index >= 15 is 0 Å². The summed E-state index contributed by atoms with van der Waals surface area (Å²) in [5, 5.41) is 20.6. The van der Waals surface area contributed by atoms with Crippen LogP contribution >= 0.6 is 12.6 Å². The van der Waals surface area contributed by atoms with E-state index in [0.717, 1.165) is 0 Å². The monoisotopic (exact) mass is 407 g/mol. The van der Waals surface area contributed by atoms with Gasteiger partial charge < -0.3 is 19.9 Å². The fourth-order valence-electron chi connectivity index (χ4n) is 2.28. The summed E-state index contributed by atoms with van der Waals surface area (Å²) >= 11 is 4.16. The first-order valence-electron chi connectivity index (χ1n) is 8.46. The minimum atomic E-state index is -1.49. The van der Waals surface area contributed by atoms with Crippen molar-refractivity contribution in [3.63, 3.8) is 0 Å². The lowest BCUT2D eigenvalue weighted by atomic mass is 10.1. The highest BCUT2D eigenvalue weighted by Gasteiger charge is 2.32. The third-order valence-corrected chi connectivity index (χ3v) is 4.12. The SMILES string of the molecule is C=C(S)N(C[C@H](OCCC#N)c1ccccc1OC)C(=O)NC(C)(C)C(=O)O. The molecule has 1 aromatic carbocycles. The Kier molecular flexibility index (Phi) is 8.82. The van der Waals surface area contributed by atoms with Crippen LogP contribution < -0.4 is 10.1 Å². The van der Waals surface area contributed by atoms with Crippen LogP contribution in [0.4, 0.5) is 4.79 Å². The van der Waals surface area contributed by atoms with Gasteiger partial charge in [0, 0.05) is 5.56 Å². The predicted molar refractivity (Wildman–Crippen MR) is 107 cm³/mol. The zero-order valence-electron chi connectivity index (χ0n) is 16.1. The van der Waals surface area contributed by atoms with Crippen molar-refractivity contribution >= 4 is 24.6 Å². The van der Waals surface area contributed by atoms with Gasteiger partial charge in [-0.05, 0) is 19.9 Å². The van der Waals surface area contributed by atoms with E-state index < -0.39 is 23.6 Å². The molecular formula is C19H25N3O5S. The number of carbonyl (C=O) groups excluding carboxylic acids is 1. The highest BCUT2D eigenvalue weighted by molar-refractivity contribution is 7.84. The number of aliphatic carboxylic acids is 1. The average Bonchev–Trinajstić information content (AvgIpc) is 2.63. The Morgan fingerprint density at radius 3 is 2.61 bits per heavy atom. The molecule has 0 aromatic heterocycles. The predicted octanol–water partition coefficient (Wildman–Crippen LogP) is 2.94. The van der Waals surface area contributed by atoms with Crippen molar-refractivity contribution in [1.29, 1.82) is 5.26 Å². The maximum atomic E-state index is 12.7. The van der Waals surface area contributed by atoms with Gasteiger partial charge in [0.05, 0.1) is 37.8 Å². The molecule has 0 aliphatic carbocycles. The van der Waals surface area contributed by atoms with Crippen molar-refractivity contribution in [1.82, 2.24) is 10.2 Å². The molecule has 0 spiro atoms. The van der Waals surface area contributed by atoms with Crippen molar-refractivity contribution in [2.24, 2.45) is 0 Å². The molecular weight excluding hydrogens is 382 g/mol. The molecule has 1 rings (SSSR count). The van der Waals surface area contributed by atoms with Gasteiger partial charge in [0.25, 0.3) is 0 Å². The number of hydrogen-bond acceptors (Lipinski definition) is 6. The smallest absolute Gasteiger partial charge is 0.328 e. The van der Waals surface area contributed by atoms with Crippen LogP contribution in [-0.2, 0) is 9.53 Å². The van der Waals surface area contributed by atoms with E-state index in [2.05, 4.69) is 24.5 Å². The normalized spacial score (nSPS) is 11.8. The molecule has 9 heteroatoms. The van der Waals surface area contributed by atoms with E-state index in [4.69, 9.17) is 14.7 Å². The summed E-state index contributed by atoms with van der Waals surface area (Å²) in [6.45, 7) is 6.56. The Hall–Kier alpha value is -2.70. The van der Waals surface area contributed by atoms with Crippen LogP contribution in [0.3, 0.4) is 0 Å². The molecule has 8 nitrogen and oxygen atoms in total. The number of thiol groups is 1. The molecule has 0 heterocycles. The summed E-state index contributed by atoms with van der Waals surface area (Å²) in [6.07, 6.45) is -0.474. The molecule has 28 heavy (non-hydrogen) atoms. The lowest BCUT2D eigenvalue weighted by Crippen LogP contribution is -2.54. The minimum Gasteiger partial charge on any atom is -0.496 e. The van der Waals surface area contributed by atoms with Crippen LogP contribution in [0, 0.1) is 11.3 Å². The number of methoxy groups -OCH3 is 1. The third-order valence-electron chi connectivity index (χ3n) is 3.88. The van der Waals surface area contributed by atoms with Gasteiger partial charge in [-0.25, -0.2) is 9.59 Å². The second-order valence-electron chi connectivity index (χ2n) is 6.40. The van der Waals surface area contributed by atoms with E-state index in [1.54, 1.807) is 24.3 Å². The minimum absolute atomic E-state index is 0.00430. The molecule has 2 N–H and O–H groups in total. The standard InChI is InChI=1S/C19H25N3O5S/c1-13(28)22(18(25)21-19(2,3)17(23)24)12-16(27-11-7-10-20)14-8-5-6-9-15(14)26-4/h5-6,8-9,16,28H,1,7,11-12H2,2-4H3,(H,21,25)(H,23,24)/t16-/m0/s1.